The lowest BCUT2D eigenvalue weighted by Crippen LogP contribution is -2.00. The van der Waals surface area contributed by atoms with E-state index in [2.05, 4.69) is 30.3 Å². The lowest BCUT2D eigenvalue weighted by Gasteiger charge is -2.11. The maximum atomic E-state index is 8.84. The first-order valence-electron chi connectivity index (χ1n) is 8.51. The van der Waals surface area contributed by atoms with E-state index in [-0.39, 0.29) is 0 Å². The highest BCUT2D eigenvalue weighted by Crippen LogP contribution is 2.18. The van der Waals surface area contributed by atoms with Crippen LogP contribution in [0.15, 0.2) is 66.7 Å². The van der Waals surface area contributed by atoms with Crippen molar-refractivity contribution < 1.29 is 9.47 Å². The average Bonchev–Trinajstić information content (AvgIpc) is 2.71. The SMILES string of the molecule is Cc1cc(COc2ccc(C#N)cc2)cc(COc2ccc(C#N)cc2)c1. The van der Waals surface area contributed by atoms with E-state index < -0.39 is 0 Å². The first-order valence-corrected chi connectivity index (χ1v) is 8.51. The first-order chi connectivity index (χ1) is 13.2. The fraction of sp³-hybridized carbons (Fsp3) is 0.130. The summed E-state index contributed by atoms with van der Waals surface area (Å²) in [7, 11) is 0. The predicted octanol–water partition coefficient (Wildman–Crippen LogP) is 4.90. The third kappa shape index (κ3) is 5.11. The maximum Gasteiger partial charge on any atom is 0.119 e. The summed E-state index contributed by atoms with van der Waals surface area (Å²) in [6.07, 6.45) is 0. The molecule has 0 fully saturated rings. The van der Waals surface area contributed by atoms with E-state index in [4.69, 9.17) is 20.0 Å². The van der Waals surface area contributed by atoms with Crippen molar-refractivity contribution in [3.05, 3.63) is 94.5 Å². The zero-order valence-electron chi connectivity index (χ0n) is 15.0. The average molecular weight is 354 g/mol. The second-order valence-corrected chi connectivity index (χ2v) is 6.18. The van der Waals surface area contributed by atoms with Crippen LogP contribution in [0.5, 0.6) is 11.5 Å². The van der Waals surface area contributed by atoms with Crippen molar-refractivity contribution in [1.29, 1.82) is 10.5 Å². The quantitative estimate of drug-likeness (QED) is 0.632. The van der Waals surface area contributed by atoms with Gasteiger partial charge in [0.15, 0.2) is 0 Å². The van der Waals surface area contributed by atoms with Gasteiger partial charge in [0.25, 0.3) is 0 Å². The number of aryl methyl sites for hydroxylation is 1. The van der Waals surface area contributed by atoms with E-state index in [0.29, 0.717) is 24.3 Å². The van der Waals surface area contributed by atoms with E-state index in [9.17, 15) is 0 Å². The number of rotatable bonds is 6. The van der Waals surface area contributed by atoms with Crippen LogP contribution in [0.4, 0.5) is 0 Å². The van der Waals surface area contributed by atoms with Crippen molar-refractivity contribution in [1.82, 2.24) is 0 Å². The number of nitriles is 2. The molecule has 0 amide bonds. The summed E-state index contributed by atoms with van der Waals surface area (Å²) in [5, 5.41) is 17.7. The van der Waals surface area contributed by atoms with Crippen molar-refractivity contribution >= 4 is 0 Å². The van der Waals surface area contributed by atoms with Gasteiger partial charge in [-0.2, -0.15) is 10.5 Å². The Morgan fingerprint density at radius 2 is 1.07 bits per heavy atom. The standard InChI is InChI=1S/C23H18N2O2/c1-17-10-20(15-26-22-6-2-18(13-24)3-7-22)12-21(11-17)16-27-23-8-4-19(14-25)5-9-23/h2-12H,15-16H2,1H3. The maximum absolute atomic E-state index is 8.84. The van der Waals surface area contributed by atoms with Gasteiger partial charge >= 0.3 is 0 Å². The highest BCUT2D eigenvalue weighted by Gasteiger charge is 2.03. The first kappa shape index (κ1) is 18.0. The van der Waals surface area contributed by atoms with Gasteiger partial charge in [-0.05, 0) is 72.6 Å². The zero-order chi connectivity index (χ0) is 19.1. The summed E-state index contributed by atoms with van der Waals surface area (Å²) < 4.78 is 11.6. The van der Waals surface area contributed by atoms with E-state index in [1.165, 1.54) is 0 Å². The Labute approximate surface area is 158 Å². The lowest BCUT2D eigenvalue weighted by atomic mass is 10.1. The normalized spacial score (nSPS) is 9.89. The third-order valence-corrected chi connectivity index (χ3v) is 3.97. The lowest BCUT2D eigenvalue weighted by molar-refractivity contribution is 0.299. The number of benzene rings is 3. The van der Waals surface area contributed by atoms with Crippen LogP contribution in [0.2, 0.25) is 0 Å². The van der Waals surface area contributed by atoms with Gasteiger partial charge in [-0.3, -0.25) is 0 Å². The van der Waals surface area contributed by atoms with Gasteiger partial charge in [-0.15, -0.1) is 0 Å². The molecular formula is C23H18N2O2. The Balaban J connectivity index is 1.62. The monoisotopic (exact) mass is 354 g/mol. The van der Waals surface area contributed by atoms with E-state index >= 15 is 0 Å². The molecule has 0 atom stereocenters. The van der Waals surface area contributed by atoms with Crippen molar-refractivity contribution in [2.24, 2.45) is 0 Å². The molecule has 3 aromatic carbocycles. The van der Waals surface area contributed by atoms with E-state index in [0.717, 1.165) is 28.2 Å². The summed E-state index contributed by atoms with van der Waals surface area (Å²) in [6, 6.07) is 24.5. The topological polar surface area (TPSA) is 66.0 Å². The summed E-state index contributed by atoms with van der Waals surface area (Å²) in [4.78, 5) is 0. The van der Waals surface area contributed by atoms with Gasteiger partial charge in [0.05, 0.1) is 23.3 Å². The highest BCUT2D eigenvalue weighted by atomic mass is 16.5. The van der Waals surface area contributed by atoms with Gasteiger partial charge in [-0.1, -0.05) is 17.7 Å². The molecule has 0 spiro atoms. The molecule has 0 aliphatic carbocycles. The molecular weight excluding hydrogens is 336 g/mol. The molecule has 0 saturated carbocycles. The van der Waals surface area contributed by atoms with Crippen molar-refractivity contribution in [2.45, 2.75) is 20.1 Å². The van der Waals surface area contributed by atoms with Crippen LogP contribution in [0, 0.1) is 29.6 Å². The second kappa shape index (κ2) is 8.56. The molecule has 4 heteroatoms. The smallest absolute Gasteiger partial charge is 0.119 e. The Bertz CT molecular complexity index is 915. The fourth-order valence-electron chi connectivity index (χ4n) is 2.70. The molecule has 0 heterocycles. The molecule has 0 radical (unpaired) electrons. The summed E-state index contributed by atoms with van der Waals surface area (Å²) in [5.74, 6) is 1.46. The Morgan fingerprint density at radius 1 is 0.667 bits per heavy atom. The molecule has 0 saturated heterocycles. The van der Waals surface area contributed by atoms with Gasteiger partial charge in [-0.25, -0.2) is 0 Å². The zero-order valence-corrected chi connectivity index (χ0v) is 15.0. The minimum atomic E-state index is 0.442. The molecule has 3 rings (SSSR count). The minimum Gasteiger partial charge on any atom is -0.489 e. The molecule has 27 heavy (non-hydrogen) atoms. The molecule has 0 aliphatic rings. The van der Waals surface area contributed by atoms with Crippen LogP contribution < -0.4 is 9.47 Å². The van der Waals surface area contributed by atoms with E-state index in [1.54, 1.807) is 48.5 Å². The molecule has 0 N–H and O–H groups in total. The number of hydrogen-bond donors (Lipinski definition) is 0. The third-order valence-electron chi connectivity index (χ3n) is 3.97. The predicted molar refractivity (Wildman–Crippen MR) is 102 cm³/mol. The van der Waals surface area contributed by atoms with Crippen LogP contribution >= 0.6 is 0 Å². The largest absolute Gasteiger partial charge is 0.489 e. The van der Waals surface area contributed by atoms with Crippen LogP contribution in [0.25, 0.3) is 0 Å². The Morgan fingerprint density at radius 3 is 1.44 bits per heavy atom. The molecule has 0 aliphatic heterocycles. The second-order valence-electron chi connectivity index (χ2n) is 6.18. The molecule has 0 bridgehead atoms. The van der Waals surface area contributed by atoms with Gasteiger partial charge in [0, 0.05) is 0 Å². The Kier molecular flexibility index (Phi) is 5.72. The van der Waals surface area contributed by atoms with Crippen LogP contribution in [0.3, 0.4) is 0 Å². The van der Waals surface area contributed by atoms with Gasteiger partial charge < -0.3 is 9.47 Å². The molecule has 4 nitrogen and oxygen atoms in total. The minimum absolute atomic E-state index is 0.442. The van der Waals surface area contributed by atoms with Crippen molar-refractivity contribution in [3.8, 4) is 23.6 Å². The van der Waals surface area contributed by atoms with Crippen molar-refractivity contribution in [3.63, 3.8) is 0 Å². The summed E-state index contributed by atoms with van der Waals surface area (Å²) in [5.41, 5.74) is 4.46. The highest BCUT2D eigenvalue weighted by molar-refractivity contribution is 5.36. The van der Waals surface area contributed by atoms with Crippen LogP contribution in [0.1, 0.15) is 27.8 Å². The number of nitrogens with zero attached hydrogens (tertiary/aromatic N) is 2. The van der Waals surface area contributed by atoms with Gasteiger partial charge in [0.2, 0.25) is 0 Å². The molecule has 132 valence electrons. The number of ether oxygens (including phenoxy) is 2. The van der Waals surface area contributed by atoms with Crippen molar-refractivity contribution in [2.75, 3.05) is 0 Å². The number of hydrogen-bond acceptors (Lipinski definition) is 4. The summed E-state index contributed by atoms with van der Waals surface area (Å²) >= 11 is 0. The van der Waals surface area contributed by atoms with Gasteiger partial charge in [0.1, 0.15) is 24.7 Å². The van der Waals surface area contributed by atoms with Crippen LogP contribution in [-0.2, 0) is 13.2 Å². The Hall–Kier alpha value is -3.76. The molecule has 0 unspecified atom stereocenters. The fourth-order valence-corrected chi connectivity index (χ4v) is 2.70. The van der Waals surface area contributed by atoms with E-state index in [1.807, 2.05) is 6.92 Å². The summed E-state index contributed by atoms with van der Waals surface area (Å²) in [6.45, 7) is 2.92. The van der Waals surface area contributed by atoms with Crippen LogP contribution in [-0.4, -0.2) is 0 Å². The molecule has 0 aromatic heterocycles. The molecule has 3 aromatic rings.